The van der Waals surface area contributed by atoms with Crippen LogP contribution in [0.2, 0.25) is 0 Å². The maximum atomic E-state index is 2.57. The van der Waals surface area contributed by atoms with Crippen LogP contribution in [0.15, 0.2) is 66.7 Å². The molecule has 0 unspecified atom stereocenters. The van der Waals surface area contributed by atoms with E-state index < -0.39 is 0 Å². The zero-order valence-corrected chi connectivity index (χ0v) is 12.8. The molecule has 0 N–H and O–H groups in total. The van der Waals surface area contributed by atoms with Crippen molar-refractivity contribution < 1.29 is 0 Å². The van der Waals surface area contributed by atoms with Crippen LogP contribution >= 0.6 is 0 Å². The van der Waals surface area contributed by atoms with Gasteiger partial charge in [-0.05, 0) is 47.9 Å². The molecule has 1 heterocycles. The molecule has 0 aromatic heterocycles. The lowest BCUT2D eigenvalue weighted by molar-refractivity contribution is 0.579. The Morgan fingerprint density at radius 3 is 2.18 bits per heavy atom. The van der Waals surface area contributed by atoms with E-state index in [1.54, 1.807) is 0 Å². The summed E-state index contributed by atoms with van der Waals surface area (Å²) in [5, 5.41) is 2.72. The molecule has 0 saturated carbocycles. The maximum absolute atomic E-state index is 2.57. The summed E-state index contributed by atoms with van der Waals surface area (Å²) >= 11 is 0. The van der Waals surface area contributed by atoms with Crippen molar-refractivity contribution in [2.24, 2.45) is 0 Å². The molecule has 4 rings (SSSR count). The van der Waals surface area contributed by atoms with E-state index in [1.807, 2.05) is 0 Å². The molecule has 110 valence electrons. The monoisotopic (exact) mass is 287 g/mol. The van der Waals surface area contributed by atoms with E-state index in [9.17, 15) is 0 Å². The van der Waals surface area contributed by atoms with E-state index in [4.69, 9.17) is 0 Å². The van der Waals surface area contributed by atoms with Gasteiger partial charge in [0.05, 0.1) is 0 Å². The highest BCUT2D eigenvalue weighted by atomic mass is 15.1. The summed E-state index contributed by atoms with van der Waals surface area (Å²) in [6, 6.07) is 24.2. The first kappa shape index (κ1) is 13.4. The molecular formula is C21H21N. The van der Waals surface area contributed by atoms with Gasteiger partial charge in [0.25, 0.3) is 0 Å². The van der Waals surface area contributed by atoms with Gasteiger partial charge in [0.1, 0.15) is 0 Å². The molecule has 1 fully saturated rings. The highest BCUT2D eigenvalue weighted by Crippen LogP contribution is 2.34. The average molecular weight is 287 g/mol. The Morgan fingerprint density at radius 2 is 1.36 bits per heavy atom. The second kappa shape index (κ2) is 5.84. The van der Waals surface area contributed by atoms with Crippen molar-refractivity contribution in [1.29, 1.82) is 0 Å². The molecule has 0 atom stereocenters. The van der Waals surface area contributed by atoms with Gasteiger partial charge in [-0.2, -0.15) is 0 Å². The third-order valence-corrected chi connectivity index (χ3v) is 4.64. The van der Waals surface area contributed by atoms with Gasteiger partial charge >= 0.3 is 0 Å². The van der Waals surface area contributed by atoms with Crippen molar-refractivity contribution >= 4 is 16.5 Å². The molecule has 0 aliphatic carbocycles. The van der Waals surface area contributed by atoms with Crippen molar-refractivity contribution in [3.8, 4) is 11.1 Å². The first-order chi connectivity index (χ1) is 10.9. The summed E-state index contributed by atoms with van der Waals surface area (Å²) in [6.45, 7) is 2.37. The highest BCUT2D eigenvalue weighted by Gasteiger charge is 2.15. The van der Waals surface area contributed by atoms with Crippen molar-refractivity contribution in [3.05, 3.63) is 66.7 Å². The lowest BCUT2D eigenvalue weighted by Gasteiger charge is -2.30. The average Bonchev–Trinajstić information content (AvgIpc) is 2.62. The van der Waals surface area contributed by atoms with Gasteiger partial charge in [0, 0.05) is 24.2 Å². The van der Waals surface area contributed by atoms with E-state index in [0.717, 1.165) is 0 Å². The molecule has 1 aliphatic heterocycles. The molecule has 0 spiro atoms. The maximum Gasteiger partial charge on any atom is 0.0452 e. The topological polar surface area (TPSA) is 3.24 Å². The van der Waals surface area contributed by atoms with E-state index in [-0.39, 0.29) is 0 Å². The standard InChI is InChI=1S/C21H21N/c1-3-9-17(10-4-1)19-15-18-11-5-6-12-20(18)21(16-19)22-13-7-2-8-14-22/h1,3-6,9-12,15-16H,2,7-8,13-14H2. The lowest BCUT2D eigenvalue weighted by atomic mass is 9.98. The largest absolute Gasteiger partial charge is 0.371 e. The fourth-order valence-electron chi connectivity index (χ4n) is 3.48. The summed E-state index contributed by atoms with van der Waals surface area (Å²) in [7, 11) is 0. The number of nitrogens with zero attached hydrogens (tertiary/aromatic N) is 1. The minimum atomic E-state index is 1.18. The van der Waals surface area contributed by atoms with Crippen molar-refractivity contribution in [2.75, 3.05) is 18.0 Å². The van der Waals surface area contributed by atoms with Crippen LogP contribution in [0, 0.1) is 0 Å². The van der Waals surface area contributed by atoms with Gasteiger partial charge < -0.3 is 4.90 Å². The Hall–Kier alpha value is -2.28. The van der Waals surface area contributed by atoms with Crippen molar-refractivity contribution in [3.63, 3.8) is 0 Å². The van der Waals surface area contributed by atoms with Crippen molar-refractivity contribution in [1.82, 2.24) is 0 Å². The number of benzene rings is 3. The van der Waals surface area contributed by atoms with Crippen LogP contribution < -0.4 is 4.90 Å². The Balaban J connectivity index is 1.89. The smallest absolute Gasteiger partial charge is 0.0452 e. The van der Waals surface area contributed by atoms with E-state index in [2.05, 4.69) is 71.6 Å². The number of fused-ring (bicyclic) bond motifs is 1. The lowest BCUT2D eigenvalue weighted by Crippen LogP contribution is -2.29. The minimum absolute atomic E-state index is 1.18. The summed E-state index contributed by atoms with van der Waals surface area (Å²) in [5.74, 6) is 0. The third kappa shape index (κ3) is 2.48. The molecule has 1 nitrogen and oxygen atoms in total. The molecule has 22 heavy (non-hydrogen) atoms. The Bertz CT molecular complexity index is 770. The van der Waals surface area contributed by atoms with Crippen LogP contribution in [0.3, 0.4) is 0 Å². The molecular weight excluding hydrogens is 266 g/mol. The number of hydrogen-bond donors (Lipinski definition) is 0. The second-order valence-electron chi connectivity index (χ2n) is 6.13. The van der Waals surface area contributed by atoms with Crippen LogP contribution in [-0.4, -0.2) is 13.1 Å². The van der Waals surface area contributed by atoms with E-state index in [0.29, 0.717) is 0 Å². The molecule has 1 heteroatoms. The molecule has 0 bridgehead atoms. The van der Waals surface area contributed by atoms with Gasteiger partial charge in [0.15, 0.2) is 0 Å². The number of anilines is 1. The van der Waals surface area contributed by atoms with Crippen LogP contribution in [0.4, 0.5) is 5.69 Å². The van der Waals surface area contributed by atoms with Crippen LogP contribution in [0.25, 0.3) is 21.9 Å². The molecule has 0 amide bonds. The van der Waals surface area contributed by atoms with E-state index >= 15 is 0 Å². The zero-order valence-electron chi connectivity index (χ0n) is 12.8. The molecule has 3 aromatic carbocycles. The SMILES string of the molecule is c1ccc(-c2cc(N3CCCCC3)c3ccccc3c2)cc1. The first-order valence-electron chi connectivity index (χ1n) is 8.25. The van der Waals surface area contributed by atoms with Crippen LogP contribution in [0.1, 0.15) is 19.3 Å². The predicted molar refractivity (Wildman–Crippen MR) is 95.4 cm³/mol. The van der Waals surface area contributed by atoms with Gasteiger partial charge in [-0.25, -0.2) is 0 Å². The van der Waals surface area contributed by atoms with Gasteiger partial charge in [0.2, 0.25) is 0 Å². The normalized spacial score (nSPS) is 15.2. The van der Waals surface area contributed by atoms with Crippen LogP contribution in [0.5, 0.6) is 0 Å². The molecule has 0 radical (unpaired) electrons. The Morgan fingerprint density at radius 1 is 0.636 bits per heavy atom. The predicted octanol–water partition coefficient (Wildman–Crippen LogP) is 5.50. The molecule has 1 aliphatic rings. The minimum Gasteiger partial charge on any atom is -0.371 e. The number of rotatable bonds is 2. The summed E-state index contributed by atoms with van der Waals surface area (Å²) in [4.78, 5) is 2.57. The Kier molecular flexibility index (Phi) is 3.56. The van der Waals surface area contributed by atoms with Crippen molar-refractivity contribution in [2.45, 2.75) is 19.3 Å². The second-order valence-corrected chi connectivity index (χ2v) is 6.13. The van der Waals surface area contributed by atoms with Gasteiger partial charge in [-0.3, -0.25) is 0 Å². The Labute approximate surface area is 132 Å². The summed E-state index contributed by atoms with van der Waals surface area (Å²) in [6.07, 6.45) is 3.99. The fraction of sp³-hybridized carbons (Fsp3) is 0.238. The van der Waals surface area contributed by atoms with Gasteiger partial charge in [-0.15, -0.1) is 0 Å². The summed E-state index contributed by atoms with van der Waals surface area (Å²) < 4.78 is 0. The fourth-order valence-corrected chi connectivity index (χ4v) is 3.48. The number of piperidine rings is 1. The summed E-state index contributed by atoms with van der Waals surface area (Å²) in [5.41, 5.74) is 4.02. The first-order valence-corrected chi connectivity index (χ1v) is 8.25. The van der Waals surface area contributed by atoms with Crippen LogP contribution in [-0.2, 0) is 0 Å². The number of hydrogen-bond acceptors (Lipinski definition) is 1. The third-order valence-electron chi connectivity index (χ3n) is 4.64. The zero-order chi connectivity index (χ0) is 14.8. The van der Waals surface area contributed by atoms with E-state index in [1.165, 1.54) is 59.9 Å². The molecule has 3 aromatic rings. The quantitative estimate of drug-likeness (QED) is 0.602. The highest BCUT2D eigenvalue weighted by molar-refractivity contribution is 5.98. The molecule has 1 saturated heterocycles. The van der Waals surface area contributed by atoms with Gasteiger partial charge in [-0.1, -0.05) is 54.6 Å².